The molecule has 0 heterocycles. The Morgan fingerprint density at radius 1 is 1.47 bits per heavy atom. The minimum Gasteiger partial charge on any atom is -0.389 e. The summed E-state index contributed by atoms with van der Waals surface area (Å²) in [5.74, 6) is 0.0326. The number of nitrogens with one attached hydrogen (secondary N) is 1. The van der Waals surface area contributed by atoms with Crippen LogP contribution in [0.1, 0.15) is 12.5 Å². The molecule has 0 bridgehead atoms. The van der Waals surface area contributed by atoms with Crippen LogP contribution in [0.2, 0.25) is 0 Å². The SMILES string of the molecule is CCN(C)C(=O)CNc1ccccc1C(N)=S. The zero-order valence-corrected chi connectivity index (χ0v) is 10.9. The van der Waals surface area contributed by atoms with Crippen molar-refractivity contribution in [3.05, 3.63) is 29.8 Å². The number of benzene rings is 1. The number of rotatable bonds is 5. The van der Waals surface area contributed by atoms with Gasteiger partial charge >= 0.3 is 0 Å². The van der Waals surface area contributed by atoms with E-state index in [0.29, 0.717) is 11.5 Å². The Morgan fingerprint density at radius 2 is 2.12 bits per heavy atom. The van der Waals surface area contributed by atoms with Gasteiger partial charge in [0.1, 0.15) is 4.99 Å². The number of anilines is 1. The fourth-order valence-electron chi connectivity index (χ4n) is 1.33. The number of amides is 1. The molecule has 5 heteroatoms. The third-order valence-electron chi connectivity index (χ3n) is 2.52. The van der Waals surface area contributed by atoms with E-state index in [2.05, 4.69) is 5.32 Å². The second-order valence-electron chi connectivity index (χ2n) is 3.67. The predicted molar refractivity (Wildman–Crippen MR) is 74.1 cm³/mol. The zero-order valence-electron chi connectivity index (χ0n) is 10.1. The Bertz CT molecular complexity index is 420. The molecule has 0 aliphatic carbocycles. The Hall–Kier alpha value is -1.62. The van der Waals surface area contributed by atoms with Gasteiger partial charge < -0.3 is 16.0 Å². The molecular weight excluding hydrogens is 234 g/mol. The highest BCUT2D eigenvalue weighted by molar-refractivity contribution is 7.80. The van der Waals surface area contributed by atoms with Gasteiger partial charge in [-0.25, -0.2) is 0 Å². The molecule has 0 spiro atoms. The molecule has 1 rings (SSSR count). The quantitative estimate of drug-likeness (QED) is 0.772. The number of carbonyl (C=O) groups excluding carboxylic acids is 1. The molecule has 1 aromatic carbocycles. The van der Waals surface area contributed by atoms with Gasteiger partial charge in [-0.3, -0.25) is 4.79 Å². The minimum atomic E-state index is 0.0326. The van der Waals surface area contributed by atoms with Gasteiger partial charge in [-0.1, -0.05) is 24.4 Å². The smallest absolute Gasteiger partial charge is 0.241 e. The third kappa shape index (κ3) is 3.71. The topological polar surface area (TPSA) is 58.4 Å². The van der Waals surface area contributed by atoms with E-state index < -0.39 is 0 Å². The number of thiocarbonyl (C=S) groups is 1. The molecular formula is C12H17N3OS. The highest BCUT2D eigenvalue weighted by atomic mass is 32.1. The summed E-state index contributed by atoms with van der Waals surface area (Å²) < 4.78 is 0. The summed E-state index contributed by atoms with van der Waals surface area (Å²) in [5.41, 5.74) is 7.15. The standard InChI is InChI=1S/C12H17N3OS/c1-3-15(2)11(16)8-14-10-7-5-4-6-9(10)12(13)17/h4-7,14H,3,8H2,1-2H3,(H2,13,17). The lowest BCUT2D eigenvalue weighted by Gasteiger charge is -2.16. The number of nitrogens with two attached hydrogens (primary N) is 1. The van der Waals surface area contributed by atoms with Crippen molar-refractivity contribution in [1.29, 1.82) is 0 Å². The molecule has 0 radical (unpaired) electrons. The summed E-state index contributed by atoms with van der Waals surface area (Å²) in [6.45, 7) is 2.86. The zero-order chi connectivity index (χ0) is 12.8. The maximum absolute atomic E-state index is 11.6. The summed E-state index contributed by atoms with van der Waals surface area (Å²) in [6, 6.07) is 7.42. The van der Waals surface area contributed by atoms with E-state index in [4.69, 9.17) is 18.0 Å². The Balaban J connectivity index is 2.69. The molecule has 0 fully saturated rings. The van der Waals surface area contributed by atoms with Crippen molar-refractivity contribution in [3.8, 4) is 0 Å². The normalized spacial score (nSPS) is 9.76. The van der Waals surface area contributed by atoms with Gasteiger partial charge in [-0.15, -0.1) is 0 Å². The summed E-state index contributed by atoms with van der Waals surface area (Å²) in [6.07, 6.45) is 0. The first-order chi connectivity index (χ1) is 8.06. The Morgan fingerprint density at radius 3 is 2.71 bits per heavy atom. The first-order valence-corrected chi connectivity index (χ1v) is 5.83. The second-order valence-corrected chi connectivity index (χ2v) is 4.11. The first-order valence-electron chi connectivity index (χ1n) is 5.43. The summed E-state index contributed by atoms with van der Waals surface area (Å²) >= 11 is 4.95. The highest BCUT2D eigenvalue weighted by Crippen LogP contribution is 2.14. The van der Waals surface area contributed by atoms with E-state index >= 15 is 0 Å². The molecule has 3 N–H and O–H groups in total. The van der Waals surface area contributed by atoms with Crippen molar-refractivity contribution in [2.45, 2.75) is 6.92 Å². The van der Waals surface area contributed by atoms with Crippen molar-refractivity contribution >= 4 is 28.8 Å². The lowest BCUT2D eigenvalue weighted by Crippen LogP contribution is -2.32. The van der Waals surface area contributed by atoms with E-state index in [1.807, 2.05) is 31.2 Å². The van der Waals surface area contributed by atoms with Crippen molar-refractivity contribution < 1.29 is 4.79 Å². The molecule has 92 valence electrons. The number of likely N-dealkylation sites (N-methyl/N-ethyl adjacent to an activating group) is 1. The van der Waals surface area contributed by atoms with Gasteiger partial charge in [0.25, 0.3) is 0 Å². The molecule has 1 amide bonds. The van der Waals surface area contributed by atoms with Crippen molar-refractivity contribution in [3.63, 3.8) is 0 Å². The Kier molecular flexibility index (Phi) is 4.90. The molecule has 0 aromatic heterocycles. The van der Waals surface area contributed by atoms with E-state index in [0.717, 1.165) is 11.3 Å². The van der Waals surface area contributed by atoms with Gasteiger partial charge in [0.2, 0.25) is 5.91 Å². The van der Waals surface area contributed by atoms with Gasteiger partial charge in [-0.2, -0.15) is 0 Å². The van der Waals surface area contributed by atoms with E-state index in [9.17, 15) is 4.79 Å². The highest BCUT2D eigenvalue weighted by Gasteiger charge is 2.08. The van der Waals surface area contributed by atoms with E-state index in [1.54, 1.807) is 11.9 Å². The molecule has 17 heavy (non-hydrogen) atoms. The van der Waals surface area contributed by atoms with Gasteiger partial charge in [-0.05, 0) is 19.1 Å². The molecule has 1 aromatic rings. The second kappa shape index (κ2) is 6.20. The van der Waals surface area contributed by atoms with Crippen molar-refractivity contribution in [1.82, 2.24) is 4.90 Å². The average molecular weight is 251 g/mol. The van der Waals surface area contributed by atoms with Crippen LogP contribution in [0.15, 0.2) is 24.3 Å². The monoisotopic (exact) mass is 251 g/mol. The molecule has 0 aliphatic rings. The average Bonchev–Trinajstić information content (AvgIpc) is 2.35. The summed E-state index contributed by atoms with van der Waals surface area (Å²) in [7, 11) is 1.77. The number of hydrogen-bond acceptors (Lipinski definition) is 3. The van der Waals surface area contributed by atoms with Crippen LogP contribution in [0.3, 0.4) is 0 Å². The number of carbonyl (C=O) groups is 1. The van der Waals surface area contributed by atoms with Gasteiger partial charge in [0.05, 0.1) is 6.54 Å². The number of para-hydroxylation sites is 1. The lowest BCUT2D eigenvalue weighted by molar-refractivity contribution is -0.127. The van der Waals surface area contributed by atoms with Crippen LogP contribution in [-0.2, 0) is 4.79 Å². The van der Waals surface area contributed by atoms with Crippen LogP contribution >= 0.6 is 12.2 Å². The van der Waals surface area contributed by atoms with Crippen molar-refractivity contribution in [2.75, 3.05) is 25.5 Å². The van der Waals surface area contributed by atoms with Crippen LogP contribution in [0.5, 0.6) is 0 Å². The van der Waals surface area contributed by atoms with Crippen LogP contribution in [-0.4, -0.2) is 35.9 Å². The van der Waals surface area contributed by atoms with Crippen molar-refractivity contribution in [2.24, 2.45) is 5.73 Å². The van der Waals surface area contributed by atoms with Crippen LogP contribution in [0, 0.1) is 0 Å². The van der Waals surface area contributed by atoms with Gasteiger partial charge in [0, 0.05) is 24.8 Å². The van der Waals surface area contributed by atoms with Crippen LogP contribution in [0.4, 0.5) is 5.69 Å². The molecule has 0 saturated heterocycles. The summed E-state index contributed by atoms with van der Waals surface area (Å²) in [4.78, 5) is 13.6. The molecule has 0 atom stereocenters. The molecule has 0 aliphatic heterocycles. The van der Waals surface area contributed by atoms with Crippen LogP contribution < -0.4 is 11.1 Å². The summed E-state index contributed by atoms with van der Waals surface area (Å²) in [5, 5.41) is 3.05. The van der Waals surface area contributed by atoms with E-state index in [-0.39, 0.29) is 12.5 Å². The lowest BCUT2D eigenvalue weighted by atomic mass is 10.2. The third-order valence-corrected chi connectivity index (χ3v) is 2.74. The van der Waals surface area contributed by atoms with E-state index in [1.165, 1.54) is 0 Å². The molecule has 4 nitrogen and oxygen atoms in total. The predicted octanol–water partition coefficient (Wildman–Crippen LogP) is 1.21. The number of hydrogen-bond donors (Lipinski definition) is 2. The maximum atomic E-state index is 11.6. The first kappa shape index (κ1) is 13.4. The molecule has 0 saturated carbocycles. The van der Waals surface area contributed by atoms with Gasteiger partial charge in [0.15, 0.2) is 0 Å². The maximum Gasteiger partial charge on any atom is 0.241 e. The fraction of sp³-hybridized carbons (Fsp3) is 0.333. The number of nitrogens with zero attached hydrogens (tertiary/aromatic N) is 1. The largest absolute Gasteiger partial charge is 0.389 e. The minimum absolute atomic E-state index is 0.0326. The van der Waals surface area contributed by atoms with Crippen LogP contribution in [0.25, 0.3) is 0 Å². The molecule has 0 unspecified atom stereocenters. The Labute approximate surface area is 107 Å². The fourth-order valence-corrected chi connectivity index (χ4v) is 1.51.